The van der Waals surface area contributed by atoms with E-state index in [0.717, 1.165) is 70.6 Å². The van der Waals surface area contributed by atoms with Crippen molar-refractivity contribution in [3.63, 3.8) is 0 Å². The van der Waals surface area contributed by atoms with Crippen molar-refractivity contribution >= 4 is 11.9 Å². The Hall–Kier alpha value is -3.22. The molecule has 366 valence electrons. The molecular weight excluding hydrogens is 791 g/mol. The van der Waals surface area contributed by atoms with Crippen LogP contribution in [0.5, 0.6) is 0 Å². The molecule has 0 rings (SSSR count). The summed E-state index contributed by atoms with van der Waals surface area (Å²) in [5, 5.41) is 23.7. The first kappa shape index (κ1) is 60.8. The van der Waals surface area contributed by atoms with E-state index in [9.17, 15) is 19.8 Å². The van der Waals surface area contributed by atoms with Gasteiger partial charge in [0.1, 0.15) is 6.10 Å². The second-order valence-electron chi connectivity index (χ2n) is 17.7. The zero-order chi connectivity index (χ0) is 46.7. The third kappa shape index (κ3) is 45.4. The first-order valence-corrected chi connectivity index (χ1v) is 26.5. The molecule has 0 bridgehead atoms. The van der Waals surface area contributed by atoms with E-state index in [0.29, 0.717) is 19.3 Å². The minimum atomic E-state index is -0.825. The summed E-state index contributed by atoms with van der Waals surface area (Å²) in [7, 11) is 0. The van der Waals surface area contributed by atoms with Crippen LogP contribution in [0.3, 0.4) is 0 Å². The lowest BCUT2D eigenvalue weighted by molar-refractivity contribution is -0.150. The van der Waals surface area contributed by atoms with Gasteiger partial charge < -0.3 is 20.3 Å². The van der Waals surface area contributed by atoms with Gasteiger partial charge in [0.15, 0.2) is 0 Å². The van der Waals surface area contributed by atoms with Crippen LogP contribution in [0.4, 0.5) is 0 Å². The Bertz CT molecular complexity index is 1270. The minimum absolute atomic E-state index is 0.0286. The molecule has 0 aliphatic carbocycles. The Morgan fingerprint density at radius 2 is 0.922 bits per heavy atom. The quantitative estimate of drug-likeness (QED) is 0.0245. The van der Waals surface area contributed by atoms with Crippen LogP contribution < -0.4 is 5.32 Å². The molecule has 0 aromatic heterocycles. The van der Waals surface area contributed by atoms with Crippen LogP contribution in [0, 0.1) is 0 Å². The average Bonchev–Trinajstić information content (AvgIpc) is 3.29. The van der Waals surface area contributed by atoms with Gasteiger partial charge in [-0.05, 0) is 57.8 Å². The van der Waals surface area contributed by atoms with E-state index in [4.69, 9.17) is 4.74 Å². The summed E-state index contributed by atoms with van der Waals surface area (Å²) < 4.78 is 5.84. The van der Waals surface area contributed by atoms with Crippen molar-refractivity contribution in [1.29, 1.82) is 0 Å². The SMILES string of the molecule is CC/C=C/C=C/C=C\C=C/C=C/CC(CC(=O)NC(CO)C(O)CCCCCCCCCCCCCCCCC)OC(=O)CCCCCCCC/C=C\C/C=C\C/C=C\CCCCC. The highest BCUT2D eigenvalue weighted by molar-refractivity contribution is 5.77. The van der Waals surface area contributed by atoms with E-state index in [1.807, 2.05) is 54.7 Å². The number of nitrogens with one attached hydrogen (secondary N) is 1. The molecule has 6 heteroatoms. The summed E-state index contributed by atoms with van der Waals surface area (Å²) in [5.74, 6) is -0.627. The van der Waals surface area contributed by atoms with Crippen LogP contribution in [0.1, 0.15) is 233 Å². The van der Waals surface area contributed by atoms with Crippen LogP contribution >= 0.6 is 0 Å². The second kappa shape index (κ2) is 50.8. The molecule has 0 aliphatic rings. The smallest absolute Gasteiger partial charge is 0.306 e. The highest BCUT2D eigenvalue weighted by Crippen LogP contribution is 2.16. The predicted molar refractivity (Wildman–Crippen MR) is 277 cm³/mol. The van der Waals surface area contributed by atoms with Gasteiger partial charge in [0, 0.05) is 12.8 Å². The lowest BCUT2D eigenvalue weighted by atomic mass is 10.0. The molecule has 3 atom stereocenters. The zero-order valence-electron chi connectivity index (χ0n) is 41.6. The molecule has 0 spiro atoms. The molecule has 64 heavy (non-hydrogen) atoms. The Balaban J connectivity index is 4.62. The molecule has 0 aromatic carbocycles. The van der Waals surface area contributed by atoms with Gasteiger partial charge in [-0.25, -0.2) is 0 Å². The molecule has 0 fully saturated rings. The Morgan fingerprint density at radius 1 is 0.500 bits per heavy atom. The van der Waals surface area contributed by atoms with Crippen LogP contribution in [-0.2, 0) is 14.3 Å². The number of aliphatic hydroxyl groups is 2. The molecule has 3 unspecified atom stereocenters. The maximum absolute atomic E-state index is 13.2. The molecule has 0 heterocycles. The Morgan fingerprint density at radius 3 is 1.44 bits per heavy atom. The van der Waals surface area contributed by atoms with Gasteiger partial charge in [-0.1, -0.05) is 253 Å². The minimum Gasteiger partial charge on any atom is -0.461 e. The number of unbranched alkanes of at least 4 members (excludes halogenated alkanes) is 23. The van der Waals surface area contributed by atoms with Gasteiger partial charge in [-0.2, -0.15) is 0 Å². The third-order valence-corrected chi connectivity index (χ3v) is 11.5. The van der Waals surface area contributed by atoms with Crippen molar-refractivity contribution < 1.29 is 24.5 Å². The number of esters is 1. The topological polar surface area (TPSA) is 95.9 Å². The van der Waals surface area contributed by atoms with Crippen molar-refractivity contribution in [1.82, 2.24) is 5.32 Å². The largest absolute Gasteiger partial charge is 0.461 e. The lowest BCUT2D eigenvalue weighted by Crippen LogP contribution is -2.46. The normalized spacial score (nSPS) is 14.0. The van der Waals surface area contributed by atoms with Crippen LogP contribution in [0.25, 0.3) is 0 Å². The fraction of sp³-hybridized carbons (Fsp3) is 0.690. The number of carbonyl (C=O) groups excluding carboxylic acids is 2. The maximum atomic E-state index is 13.2. The highest BCUT2D eigenvalue weighted by Gasteiger charge is 2.23. The van der Waals surface area contributed by atoms with Crippen molar-refractivity contribution in [3.8, 4) is 0 Å². The summed E-state index contributed by atoms with van der Waals surface area (Å²) in [6, 6.07) is -0.747. The summed E-state index contributed by atoms with van der Waals surface area (Å²) >= 11 is 0. The number of amides is 1. The number of carbonyl (C=O) groups is 2. The fourth-order valence-corrected chi connectivity index (χ4v) is 7.52. The predicted octanol–water partition coefficient (Wildman–Crippen LogP) is 16.1. The molecule has 6 nitrogen and oxygen atoms in total. The van der Waals surface area contributed by atoms with Gasteiger partial charge in [0.25, 0.3) is 0 Å². The van der Waals surface area contributed by atoms with Crippen molar-refractivity contribution in [2.24, 2.45) is 0 Å². The van der Waals surface area contributed by atoms with Gasteiger partial charge >= 0.3 is 5.97 Å². The number of rotatable bonds is 46. The van der Waals surface area contributed by atoms with Crippen LogP contribution in [0.2, 0.25) is 0 Å². The molecule has 0 saturated heterocycles. The molecule has 1 amide bonds. The lowest BCUT2D eigenvalue weighted by Gasteiger charge is -2.24. The van der Waals surface area contributed by atoms with Gasteiger partial charge in [-0.3, -0.25) is 9.59 Å². The van der Waals surface area contributed by atoms with Crippen molar-refractivity contribution in [3.05, 3.63) is 97.2 Å². The molecular formula is C58H99NO5. The Labute approximate surface area is 395 Å². The fourth-order valence-electron chi connectivity index (χ4n) is 7.52. The first-order chi connectivity index (χ1) is 31.5. The van der Waals surface area contributed by atoms with Crippen molar-refractivity contribution in [2.75, 3.05) is 6.61 Å². The van der Waals surface area contributed by atoms with Gasteiger partial charge in [-0.15, -0.1) is 0 Å². The highest BCUT2D eigenvalue weighted by atomic mass is 16.5. The van der Waals surface area contributed by atoms with E-state index in [1.54, 1.807) is 0 Å². The monoisotopic (exact) mass is 890 g/mol. The number of hydrogen-bond donors (Lipinski definition) is 3. The van der Waals surface area contributed by atoms with E-state index in [2.05, 4.69) is 68.6 Å². The first-order valence-electron chi connectivity index (χ1n) is 26.5. The van der Waals surface area contributed by atoms with E-state index in [1.165, 1.54) is 116 Å². The third-order valence-electron chi connectivity index (χ3n) is 11.5. The number of ether oxygens (including phenoxy) is 1. The van der Waals surface area contributed by atoms with Gasteiger partial charge in [0.2, 0.25) is 5.91 Å². The summed E-state index contributed by atoms with van der Waals surface area (Å²) in [6.45, 7) is 6.27. The molecule has 3 N–H and O–H groups in total. The van der Waals surface area contributed by atoms with E-state index in [-0.39, 0.29) is 24.9 Å². The number of hydrogen-bond acceptors (Lipinski definition) is 5. The maximum Gasteiger partial charge on any atom is 0.306 e. The molecule has 0 aromatic rings. The van der Waals surface area contributed by atoms with Crippen LogP contribution in [-0.4, -0.2) is 46.9 Å². The molecule has 0 saturated carbocycles. The summed E-state index contributed by atoms with van der Waals surface area (Å²) in [4.78, 5) is 26.1. The summed E-state index contributed by atoms with van der Waals surface area (Å²) in [5.41, 5.74) is 0. The molecule has 0 aliphatic heterocycles. The van der Waals surface area contributed by atoms with E-state index >= 15 is 0 Å². The Kier molecular flexibility index (Phi) is 48.2. The second-order valence-corrected chi connectivity index (χ2v) is 17.7. The number of aliphatic hydroxyl groups excluding tert-OH is 2. The molecule has 0 radical (unpaired) electrons. The average molecular weight is 890 g/mol. The van der Waals surface area contributed by atoms with Crippen molar-refractivity contribution in [2.45, 2.75) is 251 Å². The van der Waals surface area contributed by atoms with Gasteiger partial charge in [0.05, 0.1) is 25.2 Å². The standard InChI is InChI=1S/C58H99NO5/c1-4-7-10-13-16-19-22-24-26-27-28-29-31-33-36-39-42-45-48-51-58(63)64-54(49-46-43-40-37-34-21-18-15-12-9-6-3)52-57(62)59-55(53-60)56(61)50-47-44-41-38-35-32-30-25-23-20-17-14-11-8-5-2/h9,12,15-16,18-19,21,24,26,28-29,34,37,40,43,46,54-56,60-61H,4-8,10-11,13-14,17,20,22-23,25,27,30-33,35-36,38-39,41-42,44-45,47-53H2,1-3H3,(H,59,62)/b12-9+,18-15+,19-16-,26-24-,29-28-,34-21-,40-37-,46-43+. The zero-order valence-corrected chi connectivity index (χ0v) is 41.6. The van der Waals surface area contributed by atoms with Crippen LogP contribution in [0.15, 0.2) is 97.2 Å². The number of allylic oxidation sites excluding steroid dienone is 15. The van der Waals surface area contributed by atoms with E-state index < -0.39 is 18.2 Å². The summed E-state index contributed by atoms with van der Waals surface area (Å²) in [6.07, 6.45) is 67.8.